The van der Waals surface area contributed by atoms with Gasteiger partial charge in [-0.05, 0) is 12.1 Å². The number of aliphatic hydroxyl groups is 1. The first-order valence-electron chi connectivity index (χ1n) is 6.83. The predicted molar refractivity (Wildman–Crippen MR) is 79.5 cm³/mol. The third-order valence-electron chi connectivity index (χ3n) is 3.63. The van der Waals surface area contributed by atoms with E-state index < -0.39 is 12.2 Å². The van der Waals surface area contributed by atoms with Crippen LogP contribution in [0.5, 0.6) is 5.75 Å². The molecule has 1 amide bonds. The minimum atomic E-state index is -0.493. The number of ether oxygens (including phenoxy) is 2. The number of rotatable bonds is 3. The summed E-state index contributed by atoms with van der Waals surface area (Å²) in [5.74, 6) is 1.30. The van der Waals surface area contributed by atoms with Crippen LogP contribution in [0.2, 0.25) is 0 Å². The quantitative estimate of drug-likeness (QED) is 0.831. The number of hydrogen-bond acceptors (Lipinski definition) is 6. The zero-order valence-corrected chi connectivity index (χ0v) is 12.4. The number of amides is 1. The smallest absolute Gasteiger partial charge is 0.414 e. The largest absolute Gasteiger partial charge is 0.483 e. The summed E-state index contributed by atoms with van der Waals surface area (Å²) >= 11 is 0. The molecule has 2 aliphatic heterocycles. The van der Waals surface area contributed by atoms with Crippen molar-refractivity contribution >= 4 is 23.3 Å². The van der Waals surface area contributed by atoms with Crippen molar-refractivity contribution in [1.29, 1.82) is 0 Å². The highest BCUT2D eigenvalue weighted by Crippen LogP contribution is 2.36. The molecule has 0 bridgehead atoms. The van der Waals surface area contributed by atoms with Crippen LogP contribution in [0.25, 0.3) is 0 Å². The van der Waals surface area contributed by atoms with Crippen LogP contribution in [0.4, 0.5) is 16.2 Å². The van der Waals surface area contributed by atoms with Crippen molar-refractivity contribution in [2.75, 3.05) is 43.7 Å². The first kappa shape index (κ1) is 14.5. The third-order valence-corrected chi connectivity index (χ3v) is 3.63. The van der Waals surface area contributed by atoms with Crippen molar-refractivity contribution in [2.24, 2.45) is 5.16 Å². The van der Waals surface area contributed by atoms with E-state index in [9.17, 15) is 4.79 Å². The van der Waals surface area contributed by atoms with Gasteiger partial charge in [-0.2, -0.15) is 0 Å². The number of nitrogens with zero attached hydrogens (tertiary/aromatic N) is 3. The predicted octanol–water partition coefficient (Wildman–Crippen LogP) is 0.793. The normalized spacial score (nSPS) is 22.4. The molecule has 1 N–H and O–H groups in total. The van der Waals surface area contributed by atoms with Crippen molar-refractivity contribution in [2.45, 2.75) is 6.10 Å². The number of carbonyl (C=O) groups is 1. The number of anilines is 2. The molecule has 0 radical (unpaired) electrons. The number of likely N-dealkylation sites (N-methyl/N-ethyl adjacent to an activating group) is 1. The van der Waals surface area contributed by atoms with Crippen molar-refractivity contribution in [1.82, 2.24) is 0 Å². The Kier molecular flexibility index (Phi) is 3.76. The summed E-state index contributed by atoms with van der Waals surface area (Å²) in [4.78, 5) is 19.9. The summed E-state index contributed by atoms with van der Waals surface area (Å²) in [6.07, 6.45) is -0.961. The number of cyclic esters (lactones) is 1. The van der Waals surface area contributed by atoms with Gasteiger partial charge in [0.05, 0.1) is 24.5 Å². The van der Waals surface area contributed by atoms with Gasteiger partial charge in [0.1, 0.15) is 25.6 Å². The second-order valence-electron chi connectivity index (χ2n) is 4.99. The lowest BCUT2D eigenvalue weighted by atomic mass is 10.2. The summed E-state index contributed by atoms with van der Waals surface area (Å²) in [7, 11) is 3.35. The van der Waals surface area contributed by atoms with E-state index in [1.165, 1.54) is 12.0 Å². The minimum Gasteiger partial charge on any atom is -0.483 e. The van der Waals surface area contributed by atoms with Crippen LogP contribution in [0.15, 0.2) is 23.4 Å². The number of aliphatic hydroxyl groups excluding tert-OH is 1. The van der Waals surface area contributed by atoms with E-state index in [1.54, 1.807) is 12.1 Å². The Labute approximate surface area is 127 Å². The fourth-order valence-electron chi connectivity index (χ4n) is 2.46. The number of carbonyl (C=O) groups excluding carboxylic acids is 1. The average molecular weight is 307 g/mol. The molecule has 8 heteroatoms. The number of oxime groups is 1. The maximum Gasteiger partial charge on any atom is 0.414 e. The average Bonchev–Trinajstić information content (AvgIpc) is 2.91. The minimum absolute atomic E-state index is 0.191. The Morgan fingerprint density at radius 2 is 2.32 bits per heavy atom. The van der Waals surface area contributed by atoms with Crippen LogP contribution < -0.4 is 14.5 Å². The van der Waals surface area contributed by atoms with Gasteiger partial charge in [-0.25, -0.2) is 4.79 Å². The molecular formula is C14H17N3O5. The van der Waals surface area contributed by atoms with Crippen LogP contribution in [0, 0.1) is 0 Å². The fraction of sp³-hybridized carbons (Fsp3) is 0.429. The molecule has 22 heavy (non-hydrogen) atoms. The molecule has 0 aliphatic carbocycles. The zero-order chi connectivity index (χ0) is 15.7. The van der Waals surface area contributed by atoms with Crippen molar-refractivity contribution in [3.05, 3.63) is 18.2 Å². The lowest BCUT2D eigenvalue weighted by molar-refractivity contribution is 0.0963. The maximum atomic E-state index is 11.8. The van der Waals surface area contributed by atoms with Gasteiger partial charge in [-0.1, -0.05) is 5.16 Å². The maximum absolute atomic E-state index is 11.8. The highest BCUT2D eigenvalue weighted by Gasteiger charge is 2.33. The molecule has 1 fully saturated rings. The molecule has 8 nitrogen and oxygen atoms in total. The Bertz CT molecular complexity index is 618. The molecule has 1 aromatic rings. The first-order valence-corrected chi connectivity index (χ1v) is 6.83. The van der Waals surface area contributed by atoms with Crippen LogP contribution in [-0.4, -0.2) is 57.1 Å². The monoisotopic (exact) mass is 307 g/mol. The number of hydrogen-bond donors (Lipinski definition) is 1. The van der Waals surface area contributed by atoms with Crippen LogP contribution >= 0.6 is 0 Å². The number of benzene rings is 1. The highest BCUT2D eigenvalue weighted by atomic mass is 16.6. The highest BCUT2D eigenvalue weighted by molar-refractivity contribution is 6.01. The van der Waals surface area contributed by atoms with E-state index in [4.69, 9.17) is 19.4 Å². The van der Waals surface area contributed by atoms with Crippen molar-refractivity contribution < 1.29 is 24.2 Å². The van der Waals surface area contributed by atoms with Crippen molar-refractivity contribution in [3.8, 4) is 5.75 Å². The molecule has 1 unspecified atom stereocenters. The van der Waals surface area contributed by atoms with Gasteiger partial charge in [-0.15, -0.1) is 0 Å². The van der Waals surface area contributed by atoms with E-state index in [0.717, 1.165) is 5.69 Å². The lowest BCUT2D eigenvalue weighted by Gasteiger charge is -2.29. The van der Waals surface area contributed by atoms with E-state index in [2.05, 4.69) is 5.16 Å². The zero-order valence-electron chi connectivity index (χ0n) is 12.4. The molecule has 1 saturated heterocycles. The van der Waals surface area contributed by atoms with Crippen LogP contribution in [-0.2, 0) is 9.57 Å². The Balaban J connectivity index is 1.87. The molecular weight excluding hydrogens is 290 g/mol. The third kappa shape index (κ3) is 2.41. The molecule has 0 spiro atoms. The van der Waals surface area contributed by atoms with Gasteiger partial charge in [0.15, 0.2) is 5.84 Å². The van der Waals surface area contributed by atoms with Crippen molar-refractivity contribution in [3.63, 3.8) is 0 Å². The topological polar surface area (TPSA) is 83.8 Å². The molecule has 118 valence electrons. The van der Waals surface area contributed by atoms with E-state index in [1.807, 2.05) is 18.0 Å². The summed E-state index contributed by atoms with van der Waals surface area (Å²) in [5, 5.41) is 13.0. The lowest BCUT2D eigenvalue weighted by Crippen LogP contribution is -2.36. The fourth-order valence-corrected chi connectivity index (χ4v) is 2.46. The molecule has 2 heterocycles. The van der Waals surface area contributed by atoms with Gasteiger partial charge in [0, 0.05) is 13.1 Å². The first-order chi connectivity index (χ1) is 10.6. The Hall–Kier alpha value is -2.48. The van der Waals surface area contributed by atoms with Gasteiger partial charge >= 0.3 is 6.09 Å². The van der Waals surface area contributed by atoms with Crippen LogP contribution in [0.3, 0.4) is 0 Å². The SMILES string of the molecule is CON=C1COc2cc(N3CC(CO)OC3=O)ccc2N1C. The summed E-state index contributed by atoms with van der Waals surface area (Å²) in [6, 6.07) is 5.42. The standard InChI is InChI=1S/C14H17N3O5/c1-16-11-4-3-9(17-6-10(7-18)22-14(17)19)5-12(11)21-8-13(16)15-20-2/h3-5,10,18H,6-8H2,1-2H3. The van der Waals surface area contributed by atoms with Gasteiger partial charge in [0.2, 0.25) is 0 Å². The number of amidine groups is 1. The van der Waals surface area contributed by atoms with E-state index >= 15 is 0 Å². The Morgan fingerprint density at radius 1 is 1.50 bits per heavy atom. The van der Waals surface area contributed by atoms with Gasteiger partial charge < -0.3 is 24.3 Å². The molecule has 1 atom stereocenters. The van der Waals surface area contributed by atoms with Gasteiger partial charge in [-0.3, -0.25) is 4.90 Å². The number of fused-ring (bicyclic) bond motifs is 1. The molecule has 0 saturated carbocycles. The summed E-state index contributed by atoms with van der Waals surface area (Å²) in [5.41, 5.74) is 1.50. The molecule has 3 rings (SSSR count). The molecule has 1 aromatic carbocycles. The van der Waals surface area contributed by atoms with Crippen LogP contribution in [0.1, 0.15) is 0 Å². The summed E-state index contributed by atoms with van der Waals surface area (Å²) < 4.78 is 10.7. The molecule has 2 aliphatic rings. The second-order valence-corrected chi connectivity index (χ2v) is 4.99. The van der Waals surface area contributed by atoms with Gasteiger partial charge in [0.25, 0.3) is 0 Å². The molecule has 0 aromatic heterocycles. The van der Waals surface area contributed by atoms with E-state index in [0.29, 0.717) is 23.8 Å². The van der Waals surface area contributed by atoms with E-state index in [-0.39, 0.29) is 13.2 Å². The summed E-state index contributed by atoms with van der Waals surface area (Å²) in [6.45, 7) is 0.411. The Morgan fingerprint density at radius 3 is 3.00 bits per heavy atom. The second kappa shape index (κ2) is 5.72.